The van der Waals surface area contributed by atoms with Crippen LogP contribution >= 0.6 is 12.4 Å². The van der Waals surface area contributed by atoms with E-state index in [1.165, 1.54) is 59.3 Å². The van der Waals surface area contributed by atoms with Gasteiger partial charge in [0, 0.05) is 25.5 Å². The molecule has 400 valence electrons. The number of anilines is 2. The van der Waals surface area contributed by atoms with E-state index < -0.39 is 97.6 Å². The molecule has 4 aromatic heterocycles. The first-order chi connectivity index (χ1) is 34.2. The third kappa shape index (κ3) is 12.3. The number of imidazole rings is 2. The van der Waals surface area contributed by atoms with Crippen LogP contribution in [-0.2, 0) is 33.1 Å². The zero-order chi connectivity index (χ0) is 53.8. The molecule has 0 bridgehead atoms. The summed E-state index contributed by atoms with van der Waals surface area (Å²) in [6.07, 6.45) is -2.15. The zero-order valence-electron chi connectivity index (χ0n) is 36.8. The Balaban J connectivity index is 0.000000226. The highest BCUT2D eigenvalue weighted by Crippen LogP contribution is 2.31. The van der Waals surface area contributed by atoms with Crippen LogP contribution < -0.4 is 21.1 Å². The molecule has 2 aliphatic rings. The summed E-state index contributed by atoms with van der Waals surface area (Å²) in [6.45, 7) is -1.79. The van der Waals surface area contributed by atoms with E-state index in [-0.39, 0.29) is 81.1 Å². The fourth-order valence-electron chi connectivity index (χ4n) is 6.65. The number of aromatic carboxylic acids is 1. The van der Waals surface area contributed by atoms with Gasteiger partial charge in [0.1, 0.15) is 52.7 Å². The molecule has 8 rings (SSSR count). The number of nitrogens with zero attached hydrogens (tertiary/aromatic N) is 10. The monoisotopic (exact) mass is 1120 g/mol. The fraction of sp³-hybridized carbons (Fsp3) is 0.250. The molecule has 1 amide bonds. The molecule has 0 radical (unpaired) electrons. The van der Waals surface area contributed by atoms with E-state index in [0.717, 1.165) is 20.5 Å². The summed E-state index contributed by atoms with van der Waals surface area (Å²) in [5.41, 5.74) is -6.77. The van der Waals surface area contributed by atoms with Crippen molar-refractivity contribution in [2.75, 3.05) is 36.2 Å². The highest BCUT2D eigenvalue weighted by Gasteiger charge is 2.51. The first-order valence-electron chi connectivity index (χ1n) is 20.3. The predicted octanol–water partition coefficient (Wildman–Crippen LogP) is 6.85. The maximum absolute atomic E-state index is 14.7. The number of carbonyl (C=O) groups is 2. The quantitative estimate of drug-likeness (QED) is 0.113. The van der Waals surface area contributed by atoms with E-state index in [1.807, 2.05) is 0 Å². The lowest BCUT2D eigenvalue weighted by molar-refractivity contribution is -0.0477. The Kier molecular flexibility index (Phi) is 17.7. The average molecular weight is 1120 g/mol. The lowest BCUT2D eigenvalue weighted by Gasteiger charge is -2.29. The summed E-state index contributed by atoms with van der Waals surface area (Å²) < 4.78 is 203. The van der Waals surface area contributed by atoms with E-state index in [2.05, 4.69) is 25.5 Å². The van der Waals surface area contributed by atoms with Gasteiger partial charge in [-0.25, -0.2) is 49.7 Å². The Bertz CT molecular complexity index is 3310. The number of nitrogens with one attached hydrogen (secondary N) is 1. The van der Waals surface area contributed by atoms with Crippen molar-refractivity contribution in [2.45, 2.75) is 37.0 Å². The Labute approximate surface area is 415 Å². The van der Waals surface area contributed by atoms with Gasteiger partial charge in [0.2, 0.25) is 0 Å². The molecule has 0 saturated carbocycles. The second kappa shape index (κ2) is 22.8. The number of carbonyl (C=O) groups excluding carboxylic acids is 1. The van der Waals surface area contributed by atoms with Gasteiger partial charge in [0.25, 0.3) is 18.8 Å². The number of aromatic nitrogens is 4. The van der Waals surface area contributed by atoms with Gasteiger partial charge < -0.3 is 16.2 Å². The molecular formula is C40H35ClF12N12O7S2. The number of fused-ring (bicyclic) bond motifs is 2. The molecular weight excluding hydrogens is 1090 g/mol. The molecule has 74 heavy (non-hydrogen) atoms. The molecule has 0 unspecified atom stereocenters. The highest BCUT2D eigenvalue weighted by atomic mass is 35.5. The van der Waals surface area contributed by atoms with Crippen molar-refractivity contribution in [2.24, 2.45) is 15.9 Å². The van der Waals surface area contributed by atoms with Gasteiger partial charge in [-0.2, -0.15) is 53.4 Å². The first kappa shape index (κ1) is 57.5. The number of rotatable bonds is 11. The number of carboxylic acids is 1. The largest absolute Gasteiger partial charge is 0.516 e. The van der Waals surface area contributed by atoms with Crippen LogP contribution in [0.15, 0.2) is 95.4 Å². The highest BCUT2D eigenvalue weighted by molar-refractivity contribution is 7.90. The van der Waals surface area contributed by atoms with E-state index in [4.69, 9.17) is 10.8 Å². The summed E-state index contributed by atoms with van der Waals surface area (Å²) in [7, 11) is -11.1. The van der Waals surface area contributed by atoms with Crippen LogP contribution in [0.3, 0.4) is 0 Å². The van der Waals surface area contributed by atoms with Crippen molar-refractivity contribution in [3.8, 4) is 0 Å². The molecule has 6 aromatic rings. The van der Waals surface area contributed by atoms with Crippen molar-refractivity contribution in [1.82, 2.24) is 32.7 Å². The van der Waals surface area contributed by atoms with Gasteiger partial charge in [-0.3, -0.25) is 23.6 Å². The van der Waals surface area contributed by atoms with E-state index in [9.17, 15) is 79.1 Å². The molecule has 0 fully saturated rings. The second-order valence-corrected chi connectivity index (χ2v) is 18.5. The standard InChI is InChI=1S/C20H16F6N6O3S.C11H12F4N4O2S.C9H6F2N2O2.ClH/c21-13-9-12(4-5-14(13)32-8-7-30(11-28-32)36(34,35)20(24,25)26)10-27-19(33)17-16(18(22)23)29-15-3-1-2-6-31(15)17;12-9-5-8(6-16)1-2-10(9)19-4-3-18(7-17-19)22(20,21)11(13,14)15;10-8(11)6-7(9(14)15)13-4-2-1-3-5(13)12-6;/h1-6,9,11,18H,7-8,10H2,(H,27,33);1-2,5,7H,3-4,6,16H2;1-4,8H,(H,14,15);1H. The summed E-state index contributed by atoms with van der Waals surface area (Å²) in [5.74, 6) is -3.77. The molecule has 4 N–H and O–H groups in total. The van der Waals surface area contributed by atoms with Gasteiger partial charge >= 0.3 is 37.0 Å². The number of halogens is 13. The number of alkyl halides is 10. The van der Waals surface area contributed by atoms with Gasteiger partial charge in [-0.1, -0.05) is 24.3 Å². The molecule has 0 saturated heterocycles. The Morgan fingerprint density at radius 1 is 0.649 bits per heavy atom. The fourth-order valence-corrected chi connectivity index (χ4v) is 8.15. The number of hydrazone groups is 2. The lowest BCUT2D eigenvalue weighted by Crippen LogP contribution is -2.46. The number of amides is 1. The average Bonchev–Trinajstić information content (AvgIpc) is 3.94. The molecule has 34 heteroatoms. The second-order valence-electron chi connectivity index (χ2n) is 14.7. The minimum absolute atomic E-state index is 0. The number of carboxylic acid groups (broad SMARTS) is 1. The maximum Gasteiger partial charge on any atom is 0.516 e. The molecule has 6 heterocycles. The maximum atomic E-state index is 14.7. The van der Waals surface area contributed by atoms with Crippen molar-refractivity contribution in [1.29, 1.82) is 0 Å². The minimum atomic E-state index is -5.61. The topological polar surface area (TPSA) is 233 Å². The number of hydrogen-bond donors (Lipinski definition) is 3. The van der Waals surface area contributed by atoms with E-state index in [1.54, 1.807) is 24.3 Å². The number of pyridine rings is 2. The van der Waals surface area contributed by atoms with E-state index in [0.29, 0.717) is 18.2 Å². The Morgan fingerprint density at radius 2 is 1.07 bits per heavy atom. The third-order valence-corrected chi connectivity index (χ3v) is 13.1. The van der Waals surface area contributed by atoms with Crippen LogP contribution in [0.25, 0.3) is 11.3 Å². The number of hydrogen-bond acceptors (Lipinski definition) is 13. The molecule has 0 spiro atoms. The molecule has 2 aromatic carbocycles. The first-order valence-corrected chi connectivity index (χ1v) is 23.1. The Morgan fingerprint density at radius 3 is 1.45 bits per heavy atom. The molecule has 0 atom stereocenters. The van der Waals surface area contributed by atoms with Crippen molar-refractivity contribution >= 4 is 79.7 Å². The summed E-state index contributed by atoms with van der Waals surface area (Å²) >= 11 is 0. The van der Waals surface area contributed by atoms with Crippen LogP contribution in [-0.4, -0.2) is 111 Å². The van der Waals surface area contributed by atoms with Crippen molar-refractivity contribution in [3.05, 3.63) is 131 Å². The van der Waals surface area contributed by atoms with Crippen LogP contribution in [0.2, 0.25) is 0 Å². The summed E-state index contributed by atoms with van der Waals surface area (Å²) in [6, 6.07) is 16.9. The smallest absolute Gasteiger partial charge is 0.476 e. The molecule has 2 aliphatic heterocycles. The molecule has 0 aliphatic carbocycles. The molecule has 19 nitrogen and oxygen atoms in total. The third-order valence-electron chi connectivity index (χ3n) is 10.1. The van der Waals surface area contributed by atoms with Crippen LogP contribution in [0, 0.1) is 11.6 Å². The summed E-state index contributed by atoms with van der Waals surface area (Å²) in [5, 5.41) is 20.4. The van der Waals surface area contributed by atoms with Crippen LogP contribution in [0.1, 0.15) is 56.3 Å². The lowest BCUT2D eigenvalue weighted by atomic mass is 10.2. The van der Waals surface area contributed by atoms with Crippen molar-refractivity contribution in [3.63, 3.8) is 0 Å². The van der Waals surface area contributed by atoms with Crippen LogP contribution in [0.5, 0.6) is 0 Å². The predicted molar refractivity (Wildman–Crippen MR) is 241 cm³/mol. The van der Waals surface area contributed by atoms with Crippen LogP contribution in [0.4, 0.5) is 64.1 Å². The zero-order valence-corrected chi connectivity index (χ0v) is 39.3. The number of nitrogens with two attached hydrogens (primary N) is 1. The number of sulfonamides is 2. The summed E-state index contributed by atoms with van der Waals surface area (Å²) in [4.78, 5) is 30.8. The van der Waals surface area contributed by atoms with E-state index >= 15 is 0 Å². The Hall–Kier alpha value is -7.39. The SMILES string of the molecule is Cl.NCc1ccc(N2CCN(S(=O)(=O)C(F)(F)F)C=N2)c(F)c1.O=C(NCc1ccc(N2CCN(S(=O)(=O)C(F)(F)F)C=N2)c(F)c1)c1c(C(F)F)nc2ccccn12.O=C(O)c1c(C(F)F)nc2ccccn12. The van der Waals surface area contributed by atoms with Crippen molar-refractivity contribution < 1.29 is 84.2 Å². The van der Waals surface area contributed by atoms with Gasteiger partial charge in [-0.15, -0.1) is 12.4 Å². The normalized spacial score (nSPS) is 14.2. The van der Waals surface area contributed by atoms with Gasteiger partial charge in [0.05, 0.1) is 37.6 Å². The minimum Gasteiger partial charge on any atom is -0.476 e. The number of benzene rings is 2. The van der Waals surface area contributed by atoms with Gasteiger partial charge in [-0.05, 0) is 59.7 Å². The van der Waals surface area contributed by atoms with Gasteiger partial charge in [0.15, 0.2) is 5.69 Å².